The summed E-state index contributed by atoms with van der Waals surface area (Å²) in [7, 11) is 0. The molecule has 2 aromatic rings. The Morgan fingerprint density at radius 2 is 2.24 bits per heavy atom. The highest BCUT2D eigenvalue weighted by molar-refractivity contribution is 5.88. The largest absolute Gasteiger partial charge is 0.344 e. The van der Waals surface area contributed by atoms with E-state index in [0.717, 1.165) is 13.1 Å². The molecule has 1 aromatic heterocycles. The molecule has 1 atom stereocenters. The lowest BCUT2D eigenvalue weighted by atomic mass is 10.0. The van der Waals surface area contributed by atoms with Gasteiger partial charge in [0.25, 0.3) is 0 Å². The van der Waals surface area contributed by atoms with Crippen LogP contribution >= 0.6 is 0 Å². The van der Waals surface area contributed by atoms with Gasteiger partial charge in [0, 0.05) is 30.1 Å². The van der Waals surface area contributed by atoms with Crippen molar-refractivity contribution in [3.05, 3.63) is 35.0 Å². The third-order valence-corrected chi connectivity index (χ3v) is 4.12. The Balaban J connectivity index is 2.37. The summed E-state index contributed by atoms with van der Waals surface area (Å²) in [4.78, 5) is 0. The number of benzene rings is 1. The fourth-order valence-corrected chi connectivity index (χ4v) is 3.28. The highest BCUT2D eigenvalue weighted by Gasteiger charge is 2.22. The first-order chi connectivity index (χ1) is 8.24. The second kappa shape index (κ2) is 3.88. The summed E-state index contributed by atoms with van der Waals surface area (Å²) in [5, 5.41) is 1.43. The monoisotopic (exact) mass is 228 g/mol. The maximum atomic E-state index is 5.86. The van der Waals surface area contributed by atoms with Crippen molar-refractivity contribution in [2.45, 2.75) is 39.2 Å². The van der Waals surface area contributed by atoms with Crippen molar-refractivity contribution >= 4 is 10.9 Å². The zero-order chi connectivity index (χ0) is 12.0. The molecule has 2 heteroatoms. The van der Waals surface area contributed by atoms with E-state index >= 15 is 0 Å². The number of rotatable bonds is 2. The SMILES string of the molecule is Cc1c(C(C)CN)n2c3c(cccc13)CCC2. The highest BCUT2D eigenvalue weighted by atomic mass is 15.0. The van der Waals surface area contributed by atoms with E-state index in [1.807, 2.05) is 0 Å². The van der Waals surface area contributed by atoms with Crippen molar-refractivity contribution in [2.24, 2.45) is 5.73 Å². The zero-order valence-electron chi connectivity index (χ0n) is 10.7. The molecule has 0 saturated heterocycles. The molecule has 17 heavy (non-hydrogen) atoms. The van der Waals surface area contributed by atoms with Crippen LogP contribution in [0.5, 0.6) is 0 Å². The summed E-state index contributed by atoms with van der Waals surface area (Å²) in [6.45, 7) is 6.36. The smallest absolute Gasteiger partial charge is 0.0517 e. The third kappa shape index (κ3) is 1.44. The van der Waals surface area contributed by atoms with E-state index in [1.54, 1.807) is 0 Å². The molecule has 2 nitrogen and oxygen atoms in total. The van der Waals surface area contributed by atoms with Gasteiger partial charge in [-0.25, -0.2) is 0 Å². The predicted molar refractivity (Wildman–Crippen MR) is 72.5 cm³/mol. The number of para-hydroxylation sites is 1. The number of aryl methyl sites for hydroxylation is 3. The lowest BCUT2D eigenvalue weighted by Gasteiger charge is -2.20. The maximum absolute atomic E-state index is 5.86. The van der Waals surface area contributed by atoms with Crippen LogP contribution in [0.25, 0.3) is 10.9 Å². The molecule has 3 rings (SSSR count). The molecule has 1 aliphatic rings. The molecule has 90 valence electrons. The summed E-state index contributed by atoms with van der Waals surface area (Å²) in [6, 6.07) is 6.72. The Kier molecular flexibility index (Phi) is 2.48. The van der Waals surface area contributed by atoms with E-state index in [0.29, 0.717) is 5.92 Å². The van der Waals surface area contributed by atoms with Crippen molar-refractivity contribution < 1.29 is 0 Å². The van der Waals surface area contributed by atoms with E-state index in [1.165, 1.54) is 40.6 Å². The summed E-state index contributed by atoms with van der Waals surface area (Å²) in [6.07, 6.45) is 2.47. The molecule has 2 heterocycles. The van der Waals surface area contributed by atoms with Gasteiger partial charge in [0.15, 0.2) is 0 Å². The quantitative estimate of drug-likeness (QED) is 0.841. The molecule has 0 amide bonds. The first-order valence-corrected chi connectivity index (χ1v) is 6.54. The molecule has 0 spiro atoms. The Bertz CT molecular complexity index is 566. The molecule has 1 unspecified atom stereocenters. The van der Waals surface area contributed by atoms with E-state index in [2.05, 4.69) is 36.6 Å². The second-order valence-electron chi connectivity index (χ2n) is 5.22. The van der Waals surface area contributed by atoms with Gasteiger partial charge in [0.05, 0.1) is 5.52 Å². The minimum atomic E-state index is 0.452. The molecule has 1 aromatic carbocycles. The first kappa shape index (κ1) is 10.8. The Labute approximate surface area is 102 Å². The molecular weight excluding hydrogens is 208 g/mol. The van der Waals surface area contributed by atoms with Crippen LogP contribution in [0.1, 0.15) is 36.1 Å². The van der Waals surface area contributed by atoms with Gasteiger partial charge in [0.1, 0.15) is 0 Å². The van der Waals surface area contributed by atoms with Crippen LogP contribution in [-0.4, -0.2) is 11.1 Å². The Morgan fingerprint density at radius 3 is 3.00 bits per heavy atom. The molecule has 0 saturated carbocycles. The van der Waals surface area contributed by atoms with Crippen molar-refractivity contribution in [3.63, 3.8) is 0 Å². The van der Waals surface area contributed by atoms with Gasteiger partial charge < -0.3 is 10.3 Å². The second-order valence-corrected chi connectivity index (χ2v) is 5.22. The van der Waals surface area contributed by atoms with Gasteiger partial charge in [-0.15, -0.1) is 0 Å². The first-order valence-electron chi connectivity index (χ1n) is 6.54. The fraction of sp³-hybridized carbons (Fsp3) is 0.467. The van der Waals surface area contributed by atoms with Crippen LogP contribution in [0.2, 0.25) is 0 Å². The van der Waals surface area contributed by atoms with E-state index in [9.17, 15) is 0 Å². The van der Waals surface area contributed by atoms with Gasteiger partial charge in [-0.3, -0.25) is 0 Å². The fourth-order valence-electron chi connectivity index (χ4n) is 3.28. The number of hydrogen-bond acceptors (Lipinski definition) is 1. The topological polar surface area (TPSA) is 30.9 Å². The molecule has 0 fully saturated rings. The van der Waals surface area contributed by atoms with Crippen LogP contribution in [0.15, 0.2) is 18.2 Å². The number of aromatic nitrogens is 1. The van der Waals surface area contributed by atoms with Crippen LogP contribution in [-0.2, 0) is 13.0 Å². The standard InChI is InChI=1S/C15H20N2/c1-10(9-16)14-11(2)13-7-3-5-12-6-4-8-17(14)15(12)13/h3,5,7,10H,4,6,8-9,16H2,1-2H3. The number of nitrogens with two attached hydrogens (primary N) is 1. The van der Waals surface area contributed by atoms with Crippen molar-refractivity contribution in [2.75, 3.05) is 6.54 Å². The lowest BCUT2D eigenvalue weighted by molar-refractivity contribution is 0.582. The van der Waals surface area contributed by atoms with Crippen LogP contribution in [0.4, 0.5) is 0 Å². The molecular formula is C15H20N2. The summed E-state index contributed by atoms with van der Waals surface area (Å²) >= 11 is 0. The summed E-state index contributed by atoms with van der Waals surface area (Å²) in [5.41, 5.74) is 11.7. The van der Waals surface area contributed by atoms with Crippen LogP contribution < -0.4 is 5.73 Å². The maximum Gasteiger partial charge on any atom is 0.0517 e. The normalized spacial score (nSPS) is 16.4. The average molecular weight is 228 g/mol. The Hall–Kier alpha value is -1.28. The summed E-state index contributed by atoms with van der Waals surface area (Å²) in [5.74, 6) is 0.452. The van der Waals surface area contributed by atoms with Gasteiger partial charge >= 0.3 is 0 Å². The van der Waals surface area contributed by atoms with Crippen molar-refractivity contribution in [3.8, 4) is 0 Å². The van der Waals surface area contributed by atoms with E-state index in [-0.39, 0.29) is 0 Å². The van der Waals surface area contributed by atoms with Crippen LogP contribution in [0.3, 0.4) is 0 Å². The van der Waals surface area contributed by atoms with Crippen LogP contribution in [0, 0.1) is 6.92 Å². The molecule has 2 N–H and O–H groups in total. The van der Waals surface area contributed by atoms with E-state index < -0.39 is 0 Å². The van der Waals surface area contributed by atoms with Gasteiger partial charge in [-0.1, -0.05) is 25.1 Å². The number of hydrogen-bond donors (Lipinski definition) is 1. The predicted octanol–water partition coefficient (Wildman–Crippen LogP) is 2.96. The molecule has 0 bridgehead atoms. The minimum Gasteiger partial charge on any atom is -0.344 e. The molecule has 0 aliphatic carbocycles. The van der Waals surface area contributed by atoms with Gasteiger partial charge in [0.2, 0.25) is 0 Å². The highest BCUT2D eigenvalue weighted by Crippen LogP contribution is 2.35. The summed E-state index contributed by atoms with van der Waals surface area (Å²) < 4.78 is 2.51. The number of nitrogens with zero attached hydrogens (tertiary/aromatic N) is 1. The molecule has 0 radical (unpaired) electrons. The van der Waals surface area contributed by atoms with Crippen molar-refractivity contribution in [1.29, 1.82) is 0 Å². The van der Waals surface area contributed by atoms with E-state index in [4.69, 9.17) is 5.73 Å². The zero-order valence-corrected chi connectivity index (χ0v) is 10.7. The lowest BCUT2D eigenvalue weighted by Crippen LogP contribution is -2.17. The minimum absolute atomic E-state index is 0.452. The average Bonchev–Trinajstić information content (AvgIpc) is 2.65. The third-order valence-electron chi connectivity index (χ3n) is 4.12. The Morgan fingerprint density at radius 1 is 1.41 bits per heavy atom. The van der Waals surface area contributed by atoms with Gasteiger partial charge in [-0.05, 0) is 30.9 Å². The molecule has 1 aliphatic heterocycles. The van der Waals surface area contributed by atoms with Crippen molar-refractivity contribution in [1.82, 2.24) is 4.57 Å². The van der Waals surface area contributed by atoms with Gasteiger partial charge in [-0.2, -0.15) is 0 Å².